The van der Waals surface area contributed by atoms with Crippen LogP contribution in [0.1, 0.15) is 25.5 Å². The number of fused-ring (bicyclic) bond motifs is 1. The van der Waals surface area contributed by atoms with Gasteiger partial charge in [-0.1, -0.05) is 23.7 Å². The predicted molar refractivity (Wildman–Crippen MR) is 131 cm³/mol. The summed E-state index contributed by atoms with van der Waals surface area (Å²) in [7, 11) is 1.53. The van der Waals surface area contributed by atoms with Crippen LogP contribution in [-0.2, 0) is 4.79 Å². The van der Waals surface area contributed by atoms with Crippen molar-refractivity contribution >= 4 is 28.4 Å². The highest BCUT2D eigenvalue weighted by atomic mass is 35.5. The van der Waals surface area contributed by atoms with Gasteiger partial charge in [-0.15, -0.1) is 0 Å². The second-order valence-corrected chi connectivity index (χ2v) is 8.66. The number of carbonyl (C=O) groups is 1. The molecular formula is C26H24ClF2N3O3. The molecule has 1 aromatic heterocycles. The van der Waals surface area contributed by atoms with Crippen molar-refractivity contribution in [1.82, 2.24) is 15.1 Å². The number of nitrogens with one attached hydrogen (secondary N) is 1. The fourth-order valence-electron chi connectivity index (χ4n) is 3.71. The lowest BCUT2D eigenvalue weighted by Gasteiger charge is -2.27. The lowest BCUT2D eigenvalue weighted by Crippen LogP contribution is -2.46. The number of nitrogens with zero attached hydrogens (tertiary/aromatic N) is 2. The zero-order valence-corrected chi connectivity index (χ0v) is 20.1. The molecule has 35 heavy (non-hydrogen) atoms. The maximum Gasteiger partial charge on any atom is 0.321 e. The number of hydrogen-bond acceptors (Lipinski definition) is 4. The van der Waals surface area contributed by atoms with Crippen LogP contribution in [0.4, 0.5) is 8.78 Å². The predicted octanol–water partition coefficient (Wildman–Crippen LogP) is 5.97. The highest BCUT2D eigenvalue weighted by Crippen LogP contribution is 2.31. The number of rotatable bonds is 8. The largest absolute Gasteiger partial charge is 0.497 e. The maximum absolute atomic E-state index is 13.5. The Morgan fingerprint density at radius 2 is 1.83 bits per heavy atom. The van der Waals surface area contributed by atoms with Gasteiger partial charge in [-0.3, -0.25) is 4.79 Å². The molecule has 1 N–H and O–H groups in total. The SMILES string of the molecule is COc1cccc(C(Oc2ccc3c(cnn3-c3ccc(Cl)cc3)c2)C(C)NC(=O)C(C)(F)F)c1. The molecule has 6 nitrogen and oxygen atoms in total. The highest BCUT2D eigenvalue weighted by molar-refractivity contribution is 6.30. The number of carbonyl (C=O) groups excluding carboxylic acids is 1. The Morgan fingerprint density at radius 3 is 2.51 bits per heavy atom. The number of ether oxygens (including phenoxy) is 2. The van der Waals surface area contributed by atoms with Gasteiger partial charge >= 0.3 is 5.92 Å². The van der Waals surface area contributed by atoms with Gasteiger partial charge in [0.1, 0.15) is 17.6 Å². The molecule has 3 aromatic carbocycles. The smallest absolute Gasteiger partial charge is 0.321 e. The van der Waals surface area contributed by atoms with Crippen molar-refractivity contribution in [3.05, 3.63) is 83.5 Å². The van der Waals surface area contributed by atoms with E-state index in [0.717, 1.165) is 16.6 Å². The summed E-state index contributed by atoms with van der Waals surface area (Å²) in [5.74, 6) is -3.82. The molecule has 0 radical (unpaired) electrons. The first-order valence-electron chi connectivity index (χ1n) is 10.9. The first-order valence-corrected chi connectivity index (χ1v) is 11.3. The van der Waals surface area contributed by atoms with E-state index in [4.69, 9.17) is 21.1 Å². The average Bonchev–Trinajstić information content (AvgIpc) is 3.25. The summed E-state index contributed by atoms with van der Waals surface area (Å²) in [5.41, 5.74) is 2.36. The standard InChI is InChI=1S/C26H24ClF2N3O3/c1-16(31-25(33)26(2,28)29)24(17-5-4-6-21(13-17)34-3)35-22-11-12-23-18(14-22)15-30-32(23)20-9-7-19(27)8-10-20/h4-16,24H,1-3H3,(H,31,33). The van der Waals surface area contributed by atoms with Crippen LogP contribution in [0.5, 0.6) is 11.5 Å². The molecule has 2 atom stereocenters. The third-order valence-corrected chi connectivity index (χ3v) is 5.76. The van der Waals surface area contributed by atoms with Gasteiger partial charge in [-0.05, 0) is 67.1 Å². The molecule has 1 heterocycles. The molecule has 0 saturated heterocycles. The van der Waals surface area contributed by atoms with E-state index in [1.807, 2.05) is 24.3 Å². The Morgan fingerprint density at radius 1 is 1.09 bits per heavy atom. The Kier molecular flexibility index (Phi) is 6.93. The van der Waals surface area contributed by atoms with E-state index in [1.165, 1.54) is 7.11 Å². The van der Waals surface area contributed by atoms with Crippen molar-refractivity contribution in [3.63, 3.8) is 0 Å². The van der Waals surface area contributed by atoms with Gasteiger partial charge in [0.15, 0.2) is 0 Å². The topological polar surface area (TPSA) is 65.4 Å². The number of aromatic nitrogens is 2. The minimum atomic E-state index is -3.51. The molecule has 0 aliphatic heterocycles. The van der Waals surface area contributed by atoms with Crippen LogP contribution in [0.25, 0.3) is 16.6 Å². The summed E-state index contributed by atoms with van der Waals surface area (Å²) in [6.07, 6.45) is 0.945. The van der Waals surface area contributed by atoms with E-state index in [1.54, 1.807) is 60.3 Å². The van der Waals surface area contributed by atoms with Crippen LogP contribution in [0, 0.1) is 0 Å². The van der Waals surface area contributed by atoms with Crippen LogP contribution < -0.4 is 14.8 Å². The maximum atomic E-state index is 13.5. The third-order valence-electron chi connectivity index (χ3n) is 5.51. The Balaban J connectivity index is 1.65. The van der Waals surface area contributed by atoms with E-state index in [-0.39, 0.29) is 0 Å². The fourth-order valence-corrected chi connectivity index (χ4v) is 3.83. The minimum Gasteiger partial charge on any atom is -0.497 e. The Hall–Kier alpha value is -3.65. The second-order valence-electron chi connectivity index (χ2n) is 8.22. The lowest BCUT2D eigenvalue weighted by molar-refractivity contribution is -0.144. The summed E-state index contributed by atoms with van der Waals surface area (Å²) >= 11 is 5.99. The molecule has 0 saturated carbocycles. The van der Waals surface area contributed by atoms with Crippen LogP contribution >= 0.6 is 11.6 Å². The first kappa shape index (κ1) is 24.5. The second kappa shape index (κ2) is 9.92. The van der Waals surface area contributed by atoms with Crippen molar-refractivity contribution in [1.29, 1.82) is 0 Å². The van der Waals surface area contributed by atoms with Gasteiger partial charge in [0.25, 0.3) is 5.91 Å². The Bertz CT molecular complexity index is 1340. The molecule has 4 rings (SSSR count). The van der Waals surface area contributed by atoms with Crippen molar-refractivity contribution < 1.29 is 23.0 Å². The van der Waals surface area contributed by atoms with Crippen LogP contribution in [0.2, 0.25) is 5.02 Å². The van der Waals surface area contributed by atoms with Crippen molar-refractivity contribution in [2.45, 2.75) is 31.9 Å². The monoisotopic (exact) mass is 499 g/mol. The molecule has 4 aromatic rings. The van der Waals surface area contributed by atoms with Crippen LogP contribution in [0.3, 0.4) is 0 Å². The molecule has 1 amide bonds. The number of hydrogen-bond donors (Lipinski definition) is 1. The lowest BCUT2D eigenvalue weighted by atomic mass is 10.0. The average molecular weight is 500 g/mol. The van der Waals surface area contributed by atoms with Gasteiger partial charge in [-0.25, -0.2) is 4.68 Å². The first-order chi connectivity index (χ1) is 16.7. The number of alkyl halides is 2. The molecule has 9 heteroatoms. The molecule has 0 fully saturated rings. The Labute approximate surface area is 206 Å². The zero-order valence-electron chi connectivity index (χ0n) is 19.3. The van der Waals surface area contributed by atoms with E-state index in [2.05, 4.69) is 10.4 Å². The molecule has 0 aliphatic rings. The summed E-state index contributed by atoms with van der Waals surface area (Å²) in [6.45, 7) is 2.17. The van der Waals surface area contributed by atoms with Crippen LogP contribution in [0.15, 0.2) is 72.9 Å². The summed E-state index contributed by atoms with van der Waals surface area (Å²) < 4.78 is 40.4. The number of amides is 1. The van der Waals surface area contributed by atoms with Crippen molar-refractivity contribution in [2.24, 2.45) is 0 Å². The minimum absolute atomic E-state index is 0.491. The molecular weight excluding hydrogens is 476 g/mol. The van der Waals surface area contributed by atoms with Gasteiger partial charge in [0.05, 0.1) is 30.6 Å². The van der Waals surface area contributed by atoms with Crippen molar-refractivity contribution in [3.8, 4) is 17.2 Å². The zero-order chi connectivity index (χ0) is 25.2. The molecule has 0 aliphatic carbocycles. The summed E-state index contributed by atoms with van der Waals surface area (Å²) in [6, 6.07) is 19.0. The quantitative estimate of drug-likeness (QED) is 0.324. The summed E-state index contributed by atoms with van der Waals surface area (Å²) in [5, 5.41) is 8.27. The third kappa shape index (κ3) is 5.54. The highest BCUT2D eigenvalue weighted by Gasteiger charge is 2.35. The molecule has 2 unspecified atom stereocenters. The number of halogens is 3. The summed E-state index contributed by atoms with van der Waals surface area (Å²) in [4.78, 5) is 12.0. The molecule has 0 spiro atoms. The normalized spacial score (nSPS) is 13.3. The van der Waals surface area contributed by atoms with E-state index < -0.39 is 24.0 Å². The van der Waals surface area contributed by atoms with E-state index >= 15 is 0 Å². The number of methoxy groups -OCH3 is 1. The van der Waals surface area contributed by atoms with Gasteiger partial charge < -0.3 is 14.8 Å². The van der Waals surface area contributed by atoms with Gasteiger partial charge in [0, 0.05) is 17.3 Å². The fraction of sp³-hybridized carbons (Fsp3) is 0.231. The van der Waals surface area contributed by atoms with Gasteiger partial charge in [-0.2, -0.15) is 13.9 Å². The van der Waals surface area contributed by atoms with Gasteiger partial charge in [0.2, 0.25) is 0 Å². The van der Waals surface area contributed by atoms with Crippen LogP contribution in [-0.4, -0.2) is 34.8 Å². The molecule has 182 valence electrons. The molecule has 0 bridgehead atoms. The van der Waals surface area contributed by atoms with E-state index in [9.17, 15) is 13.6 Å². The van der Waals surface area contributed by atoms with E-state index in [0.29, 0.717) is 29.0 Å². The number of benzene rings is 3. The van der Waals surface area contributed by atoms with Crippen molar-refractivity contribution in [2.75, 3.05) is 7.11 Å².